The maximum absolute atomic E-state index is 11.5. The van der Waals surface area contributed by atoms with E-state index in [4.69, 9.17) is 9.84 Å². The zero-order valence-electron chi connectivity index (χ0n) is 9.15. The van der Waals surface area contributed by atoms with Crippen molar-refractivity contribution >= 4 is 11.9 Å². The van der Waals surface area contributed by atoms with Gasteiger partial charge in [-0.25, -0.2) is 0 Å². The van der Waals surface area contributed by atoms with Crippen molar-refractivity contribution in [3.63, 3.8) is 0 Å². The topological polar surface area (TPSA) is 75.6 Å². The zero-order chi connectivity index (χ0) is 11.5. The molecule has 0 bridgehead atoms. The average molecular weight is 227 g/mol. The van der Waals surface area contributed by atoms with Crippen molar-refractivity contribution in [2.45, 2.75) is 44.2 Å². The molecular formula is C11H17NO4. The second kappa shape index (κ2) is 4.82. The predicted octanol–water partition coefficient (Wildman–Crippen LogP) is 0.535. The quantitative estimate of drug-likeness (QED) is 0.734. The Morgan fingerprint density at radius 1 is 1.38 bits per heavy atom. The first kappa shape index (κ1) is 11.4. The Labute approximate surface area is 94.2 Å². The summed E-state index contributed by atoms with van der Waals surface area (Å²) in [5.41, 5.74) is 0. The first-order valence-corrected chi connectivity index (χ1v) is 5.79. The standard InChI is InChI=1S/C11H17NO4/c13-10(6-9-2-1-3-16-9)12-8-4-7(5-8)11(14)15/h7-9H,1-6H2,(H,12,13)(H,14,15). The third kappa shape index (κ3) is 2.72. The van der Waals surface area contributed by atoms with Crippen LogP contribution in [0.25, 0.3) is 0 Å². The number of aliphatic carboxylic acids is 1. The molecule has 1 heterocycles. The lowest BCUT2D eigenvalue weighted by atomic mass is 9.80. The summed E-state index contributed by atoms with van der Waals surface area (Å²) < 4.78 is 5.36. The summed E-state index contributed by atoms with van der Waals surface area (Å²) in [6.07, 6.45) is 3.58. The smallest absolute Gasteiger partial charge is 0.306 e. The Hall–Kier alpha value is -1.10. The molecule has 1 aliphatic heterocycles. The second-order valence-corrected chi connectivity index (χ2v) is 4.61. The second-order valence-electron chi connectivity index (χ2n) is 4.61. The minimum Gasteiger partial charge on any atom is -0.481 e. The van der Waals surface area contributed by atoms with Gasteiger partial charge in [0.1, 0.15) is 0 Å². The molecule has 0 aromatic rings. The number of carbonyl (C=O) groups excluding carboxylic acids is 1. The molecule has 0 radical (unpaired) electrons. The van der Waals surface area contributed by atoms with Crippen LogP contribution in [0.3, 0.4) is 0 Å². The highest BCUT2D eigenvalue weighted by atomic mass is 16.5. The van der Waals surface area contributed by atoms with Crippen LogP contribution in [0.15, 0.2) is 0 Å². The molecule has 5 heteroatoms. The molecule has 1 atom stereocenters. The summed E-state index contributed by atoms with van der Waals surface area (Å²) in [5.74, 6) is -1.04. The maximum atomic E-state index is 11.5. The molecule has 2 N–H and O–H groups in total. The van der Waals surface area contributed by atoms with E-state index in [1.54, 1.807) is 0 Å². The summed E-state index contributed by atoms with van der Waals surface area (Å²) in [4.78, 5) is 22.1. The normalized spacial score (nSPS) is 33.1. The van der Waals surface area contributed by atoms with Crippen LogP contribution >= 0.6 is 0 Å². The number of nitrogens with one attached hydrogen (secondary N) is 1. The number of ether oxygens (including phenoxy) is 1. The fraction of sp³-hybridized carbons (Fsp3) is 0.818. The Morgan fingerprint density at radius 3 is 2.69 bits per heavy atom. The highest BCUT2D eigenvalue weighted by Crippen LogP contribution is 2.27. The van der Waals surface area contributed by atoms with E-state index in [1.165, 1.54) is 0 Å². The Morgan fingerprint density at radius 2 is 2.12 bits per heavy atom. The van der Waals surface area contributed by atoms with Crippen molar-refractivity contribution in [3.8, 4) is 0 Å². The number of hydrogen-bond acceptors (Lipinski definition) is 3. The van der Waals surface area contributed by atoms with E-state index >= 15 is 0 Å². The first-order chi connectivity index (χ1) is 7.65. The van der Waals surface area contributed by atoms with Gasteiger partial charge in [-0.1, -0.05) is 0 Å². The molecule has 0 aromatic heterocycles. The van der Waals surface area contributed by atoms with Gasteiger partial charge in [-0.15, -0.1) is 0 Å². The number of carboxylic acids is 1. The molecule has 1 aliphatic carbocycles. The van der Waals surface area contributed by atoms with E-state index in [0.29, 0.717) is 19.3 Å². The predicted molar refractivity (Wildman–Crippen MR) is 55.9 cm³/mol. The molecule has 1 saturated carbocycles. The van der Waals surface area contributed by atoms with Crippen LogP contribution in [-0.2, 0) is 14.3 Å². The van der Waals surface area contributed by atoms with Crippen molar-refractivity contribution in [2.75, 3.05) is 6.61 Å². The molecule has 2 aliphatic rings. The summed E-state index contributed by atoms with van der Waals surface area (Å²) in [6, 6.07) is 0.0509. The van der Waals surface area contributed by atoms with Gasteiger partial charge in [0, 0.05) is 12.6 Å². The van der Waals surface area contributed by atoms with Gasteiger partial charge in [0.25, 0.3) is 0 Å². The van der Waals surface area contributed by atoms with Crippen LogP contribution in [-0.4, -0.2) is 35.7 Å². The van der Waals surface area contributed by atoms with Gasteiger partial charge in [0.15, 0.2) is 0 Å². The Kier molecular flexibility index (Phi) is 3.43. The van der Waals surface area contributed by atoms with Crippen LogP contribution in [0.5, 0.6) is 0 Å². The maximum Gasteiger partial charge on any atom is 0.306 e. The molecular weight excluding hydrogens is 210 g/mol. The molecule has 90 valence electrons. The van der Waals surface area contributed by atoms with Gasteiger partial charge in [0.2, 0.25) is 5.91 Å². The fourth-order valence-electron chi connectivity index (χ4n) is 2.24. The van der Waals surface area contributed by atoms with Gasteiger partial charge in [-0.05, 0) is 25.7 Å². The zero-order valence-corrected chi connectivity index (χ0v) is 9.15. The fourth-order valence-corrected chi connectivity index (χ4v) is 2.24. The summed E-state index contributed by atoms with van der Waals surface area (Å²) in [7, 11) is 0. The SMILES string of the molecule is O=C(CC1CCCO1)NC1CC(C(=O)O)C1. The third-order valence-corrected chi connectivity index (χ3v) is 3.29. The van der Waals surface area contributed by atoms with E-state index in [9.17, 15) is 9.59 Å². The van der Waals surface area contributed by atoms with Gasteiger partial charge < -0.3 is 15.2 Å². The van der Waals surface area contributed by atoms with Crippen LogP contribution in [0, 0.1) is 5.92 Å². The molecule has 2 fully saturated rings. The molecule has 0 spiro atoms. The highest BCUT2D eigenvalue weighted by molar-refractivity contribution is 5.78. The molecule has 0 aromatic carbocycles. The summed E-state index contributed by atoms with van der Waals surface area (Å²) in [6.45, 7) is 0.752. The molecule has 1 saturated heterocycles. The van der Waals surface area contributed by atoms with E-state index in [0.717, 1.165) is 19.4 Å². The van der Waals surface area contributed by atoms with E-state index in [2.05, 4.69) is 5.32 Å². The van der Waals surface area contributed by atoms with Crippen LogP contribution in [0.1, 0.15) is 32.1 Å². The number of hydrogen-bond donors (Lipinski definition) is 2. The Balaban J connectivity index is 1.63. The molecule has 2 rings (SSSR count). The minimum atomic E-state index is -0.760. The Bertz CT molecular complexity index is 280. The van der Waals surface area contributed by atoms with Gasteiger partial charge in [-0.2, -0.15) is 0 Å². The largest absolute Gasteiger partial charge is 0.481 e. The summed E-state index contributed by atoms with van der Waals surface area (Å²) >= 11 is 0. The molecule has 1 amide bonds. The van der Waals surface area contributed by atoms with Crippen molar-refractivity contribution < 1.29 is 19.4 Å². The minimum absolute atomic E-state index is 0.0132. The van der Waals surface area contributed by atoms with E-state index in [-0.39, 0.29) is 24.0 Å². The number of carbonyl (C=O) groups is 2. The molecule has 5 nitrogen and oxygen atoms in total. The number of amides is 1. The van der Waals surface area contributed by atoms with E-state index in [1.807, 2.05) is 0 Å². The van der Waals surface area contributed by atoms with Crippen molar-refractivity contribution in [2.24, 2.45) is 5.92 Å². The third-order valence-electron chi connectivity index (χ3n) is 3.29. The molecule has 16 heavy (non-hydrogen) atoms. The van der Waals surface area contributed by atoms with Gasteiger partial charge in [0.05, 0.1) is 18.4 Å². The van der Waals surface area contributed by atoms with Gasteiger partial charge in [-0.3, -0.25) is 9.59 Å². The highest BCUT2D eigenvalue weighted by Gasteiger charge is 2.35. The lowest BCUT2D eigenvalue weighted by Crippen LogP contribution is -2.47. The lowest BCUT2D eigenvalue weighted by molar-refractivity contribution is -0.146. The average Bonchev–Trinajstić information content (AvgIpc) is 2.62. The first-order valence-electron chi connectivity index (χ1n) is 5.79. The summed E-state index contributed by atoms with van der Waals surface area (Å²) in [5, 5.41) is 11.5. The van der Waals surface area contributed by atoms with Crippen molar-refractivity contribution in [1.29, 1.82) is 0 Å². The van der Waals surface area contributed by atoms with Crippen molar-refractivity contribution in [3.05, 3.63) is 0 Å². The lowest BCUT2D eigenvalue weighted by Gasteiger charge is -2.33. The van der Waals surface area contributed by atoms with Crippen LogP contribution in [0.2, 0.25) is 0 Å². The van der Waals surface area contributed by atoms with E-state index < -0.39 is 5.97 Å². The van der Waals surface area contributed by atoms with Crippen LogP contribution in [0.4, 0.5) is 0 Å². The van der Waals surface area contributed by atoms with Crippen LogP contribution < -0.4 is 5.32 Å². The number of carboxylic acid groups (broad SMARTS) is 1. The monoisotopic (exact) mass is 227 g/mol. The number of rotatable bonds is 4. The molecule has 1 unspecified atom stereocenters. The van der Waals surface area contributed by atoms with Gasteiger partial charge >= 0.3 is 5.97 Å². The van der Waals surface area contributed by atoms with Crippen molar-refractivity contribution in [1.82, 2.24) is 5.32 Å².